The first-order chi connectivity index (χ1) is 13.1. The van der Waals surface area contributed by atoms with Crippen LogP contribution < -0.4 is 5.32 Å². The fourth-order valence-electron chi connectivity index (χ4n) is 3.52. The molecule has 0 aliphatic heterocycles. The molecule has 3 nitrogen and oxygen atoms in total. The molecule has 4 aromatic rings. The van der Waals surface area contributed by atoms with Gasteiger partial charge in [-0.05, 0) is 49.6 Å². The van der Waals surface area contributed by atoms with Crippen LogP contribution in [0, 0.1) is 13.8 Å². The highest BCUT2D eigenvalue weighted by molar-refractivity contribution is 6.33. The number of fused-ring (bicyclic) bond motifs is 1. The largest absolute Gasteiger partial charge is 0.339 e. The van der Waals surface area contributed by atoms with Gasteiger partial charge in [0.25, 0.3) is 0 Å². The fraction of sp³-hybridized carbons (Fsp3) is 0.174. The molecule has 27 heavy (non-hydrogen) atoms. The van der Waals surface area contributed by atoms with Crippen molar-refractivity contribution in [2.75, 3.05) is 5.32 Å². The van der Waals surface area contributed by atoms with Crippen LogP contribution in [0.3, 0.4) is 0 Å². The van der Waals surface area contributed by atoms with Crippen molar-refractivity contribution in [2.45, 2.75) is 27.2 Å². The molecule has 136 valence electrons. The Bertz CT molecular complexity index is 1110. The Morgan fingerprint density at radius 3 is 2.33 bits per heavy atom. The average Bonchev–Trinajstić information content (AvgIpc) is 3.03. The second-order valence-electron chi connectivity index (χ2n) is 6.74. The molecule has 0 bridgehead atoms. The summed E-state index contributed by atoms with van der Waals surface area (Å²) in [4.78, 5) is 4.92. The van der Waals surface area contributed by atoms with E-state index >= 15 is 0 Å². The Labute approximate surface area is 164 Å². The Hall–Kier alpha value is -2.78. The minimum absolute atomic E-state index is 0.698. The molecule has 0 fully saturated rings. The maximum atomic E-state index is 6.52. The molecule has 2 aromatic carbocycles. The number of benzene rings is 2. The van der Waals surface area contributed by atoms with Crippen molar-refractivity contribution in [3.63, 3.8) is 0 Å². The van der Waals surface area contributed by atoms with E-state index < -0.39 is 0 Å². The molecule has 0 aliphatic carbocycles. The number of halogens is 1. The maximum absolute atomic E-state index is 6.52. The van der Waals surface area contributed by atoms with Gasteiger partial charge < -0.3 is 5.32 Å². The lowest BCUT2D eigenvalue weighted by atomic mass is 10.1. The second-order valence-corrected chi connectivity index (χ2v) is 7.15. The van der Waals surface area contributed by atoms with Gasteiger partial charge in [0.2, 0.25) is 0 Å². The number of para-hydroxylation sites is 1. The monoisotopic (exact) mass is 375 g/mol. The number of nitrogens with zero attached hydrogens (tertiary/aromatic N) is 2. The number of aryl methyl sites for hydroxylation is 3. The lowest BCUT2D eigenvalue weighted by Gasteiger charge is -2.15. The first-order valence-electron chi connectivity index (χ1n) is 9.18. The number of nitrogens with one attached hydrogen (secondary N) is 1. The molecule has 0 radical (unpaired) electrons. The van der Waals surface area contributed by atoms with Crippen LogP contribution >= 0.6 is 11.6 Å². The average molecular weight is 376 g/mol. The molecule has 2 heterocycles. The lowest BCUT2D eigenvalue weighted by molar-refractivity contribution is 0.983. The predicted molar refractivity (Wildman–Crippen MR) is 114 cm³/mol. The van der Waals surface area contributed by atoms with Crippen molar-refractivity contribution < 1.29 is 0 Å². The third-order valence-electron chi connectivity index (χ3n) is 4.94. The summed E-state index contributed by atoms with van der Waals surface area (Å²) in [5, 5.41) is 4.37. The van der Waals surface area contributed by atoms with Crippen LogP contribution in [0.15, 0.2) is 60.7 Å². The van der Waals surface area contributed by atoms with E-state index in [1.54, 1.807) is 0 Å². The van der Waals surface area contributed by atoms with Crippen LogP contribution in [0.4, 0.5) is 11.5 Å². The molecular formula is C23H22ClN3. The van der Waals surface area contributed by atoms with E-state index in [1.165, 1.54) is 16.8 Å². The van der Waals surface area contributed by atoms with Gasteiger partial charge in [0.1, 0.15) is 17.2 Å². The van der Waals surface area contributed by atoms with E-state index in [-0.39, 0.29) is 0 Å². The predicted octanol–water partition coefficient (Wildman–Crippen LogP) is 6.58. The van der Waals surface area contributed by atoms with Crippen LogP contribution in [-0.4, -0.2) is 9.38 Å². The maximum Gasteiger partial charge on any atom is 0.143 e. The van der Waals surface area contributed by atoms with Crippen molar-refractivity contribution in [3.05, 3.63) is 82.5 Å². The molecule has 4 heteroatoms. The number of pyridine rings is 1. The minimum Gasteiger partial charge on any atom is -0.339 e. The van der Waals surface area contributed by atoms with Gasteiger partial charge in [-0.15, -0.1) is 0 Å². The molecule has 2 aromatic heterocycles. The van der Waals surface area contributed by atoms with Crippen molar-refractivity contribution >= 4 is 28.8 Å². The first kappa shape index (κ1) is 17.6. The van der Waals surface area contributed by atoms with Crippen molar-refractivity contribution in [2.24, 2.45) is 0 Å². The second kappa shape index (κ2) is 7.09. The first-order valence-corrected chi connectivity index (χ1v) is 9.56. The molecule has 4 rings (SSSR count). The SMILES string of the molecule is CCc1cccc2nc(-c3ccccc3Cl)c(Nc3c(C)cccc3C)n12. The highest BCUT2D eigenvalue weighted by Crippen LogP contribution is 2.37. The normalized spacial score (nSPS) is 11.1. The smallest absolute Gasteiger partial charge is 0.143 e. The highest BCUT2D eigenvalue weighted by Gasteiger charge is 2.19. The topological polar surface area (TPSA) is 29.3 Å². The third-order valence-corrected chi connectivity index (χ3v) is 5.27. The quantitative estimate of drug-likeness (QED) is 0.436. The van der Waals surface area contributed by atoms with Gasteiger partial charge in [-0.3, -0.25) is 4.40 Å². The van der Waals surface area contributed by atoms with Crippen molar-refractivity contribution in [1.29, 1.82) is 0 Å². The van der Waals surface area contributed by atoms with E-state index in [1.807, 2.05) is 30.3 Å². The van der Waals surface area contributed by atoms with E-state index in [0.29, 0.717) is 5.02 Å². The van der Waals surface area contributed by atoms with Crippen LogP contribution in [-0.2, 0) is 6.42 Å². The summed E-state index contributed by atoms with van der Waals surface area (Å²) in [6, 6.07) is 20.4. The molecule has 0 spiro atoms. The lowest BCUT2D eigenvalue weighted by Crippen LogP contribution is -2.03. The Kier molecular flexibility index (Phi) is 4.63. The Balaban J connectivity index is 2.02. The summed E-state index contributed by atoms with van der Waals surface area (Å²) in [7, 11) is 0. The van der Waals surface area contributed by atoms with Gasteiger partial charge in [-0.1, -0.05) is 61.0 Å². The highest BCUT2D eigenvalue weighted by atomic mass is 35.5. The summed E-state index contributed by atoms with van der Waals surface area (Å²) in [5.41, 5.74) is 7.42. The van der Waals surface area contributed by atoms with Gasteiger partial charge in [-0.2, -0.15) is 0 Å². The molecule has 0 saturated heterocycles. The zero-order valence-electron chi connectivity index (χ0n) is 15.8. The number of rotatable bonds is 4. The summed E-state index contributed by atoms with van der Waals surface area (Å²) in [6.07, 6.45) is 0.914. The molecule has 0 atom stereocenters. The number of imidazole rings is 1. The van der Waals surface area contributed by atoms with Crippen LogP contribution in [0.1, 0.15) is 23.7 Å². The zero-order valence-corrected chi connectivity index (χ0v) is 16.5. The third kappa shape index (κ3) is 3.08. The van der Waals surface area contributed by atoms with Crippen LogP contribution in [0.5, 0.6) is 0 Å². The van der Waals surface area contributed by atoms with Gasteiger partial charge >= 0.3 is 0 Å². The summed E-state index contributed by atoms with van der Waals surface area (Å²) in [5.74, 6) is 0.952. The van der Waals surface area contributed by atoms with Gasteiger partial charge in [0, 0.05) is 16.9 Å². The van der Waals surface area contributed by atoms with E-state index in [0.717, 1.165) is 34.8 Å². The van der Waals surface area contributed by atoms with E-state index in [9.17, 15) is 0 Å². The number of hydrogen-bond donors (Lipinski definition) is 1. The molecule has 0 aliphatic rings. The number of hydrogen-bond acceptors (Lipinski definition) is 2. The van der Waals surface area contributed by atoms with Crippen molar-refractivity contribution in [3.8, 4) is 11.3 Å². The Morgan fingerprint density at radius 2 is 1.63 bits per heavy atom. The molecule has 0 amide bonds. The standard InChI is InChI=1S/C23H22ClN3/c1-4-17-11-8-14-20-25-22(18-12-5-6-13-19(18)24)23(27(17)20)26-21-15(2)9-7-10-16(21)3/h5-14,26H,4H2,1-3H3. The fourth-order valence-corrected chi connectivity index (χ4v) is 3.75. The van der Waals surface area contributed by atoms with Crippen LogP contribution in [0.2, 0.25) is 5.02 Å². The van der Waals surface area contributed by atoms with Gasteiger partial charge in [0.05, 0.1) is 5.02 Å². The summed E-state index contributed by atoms with van der Waals surface area (Å²) in [6.45, 7) is 6.40. The molecule has 0 saturated carbocycles. The van der Waals surface area contributed by atoms with E-state index in [4.69, 9.17) is 16.6 Å². The molecule has 0 unspecified atom stereocenters. The summed E-state index contributed by atoms with van der Waals surface area (Å²) < 4.78 is 2.20. The number of aromatic nitrogens is 2. The molecular weight excluding hydrogens is 354 g/mol. The minimum atomic E-state index is 0.698. The van der Waals surface area contributed by atoms with Gasteiger partial charge in [0.15, 0.2) is 0 Å². The zero-order chi connectivity index (χ0) is 19.0. The molecule has 1 N–H and O–H groups in total. The number of anilines is 2. The van der Waals surface area contributed by atoms with E-state index in [2.05, 4.69) is 60.8 Å². The van der Waals surface area contributed by atoms with Gasteiger partial charge in [-0.25, -0.2) is 4.98 Å². The van der Waals surface area contributed by atoms with Crippen LogP contribution in [0.25, 0.3) is 16.9 Å². The van der Waals surface area contributed by atoms with Crippen molar-refractivity contribution in [1.82, 2.24) is 9.38 Å². The summed E-state index contributed by atoms with van der Waals surface area (Å²) >= 11 is 6.52. The Morgan fingerprint density at radius 1 is 0.926 bits per heavy atom.